The third-order valence-corrected chi connectivity index (χ3v) is 5.21. The first-order valence-corrected chi connectivity index (χ1v) is 10.2. The van der Waals surface area contributed by atoms with Crippen LogP contribution in [0.3, 0.4) is 0 Å². The molecule has 0 spiro atoms. The molecule has 0 saturated carbocycles. The molecule has 4 heterocycles. The predicted molar refractivity (Wildman–Crippen MR) is 120 cm³/mol. The van der Waals surface area contributed by atoms with Crippen LogP contribution in [0.25, 0.3) is 28.3 Å². The Morgan fingerprint density at radius 2 is 1.88 bits per heavy atom. The van der Waals surface area contributed by atoms with Crippen molar-refractivity contribution in [3.8, 4) is 22.6 Å². The lowest BCUT2D eigenvalue weighted by molar-refractivity contribution is 0.101. The number of carbonyl (C=O) groups is 1. The van der Waals surface area contributed by atoms with Gasteiger partial charge in [-0.3, -0.25) is 9.48 Å². The van der Waals surface area contributed by atoms with Crippen LogP contribution in [0.15, 0.2) is 55.0 Å². The minimum atomic E-state index is -0.641. The average Bonchev–Trinajstić information content (AvgIpc) is 3.39. The third kappa shape index (κ3) is 3.71. The summed E-state index contributed by atoms with van der Waals surface area (Å²) < 4.78 is 17.6. The van der Waals surface area contributed by atoms with Gasteiger partial charge in [0.15, 0.2) is 17.3 Å². The standard InChI is InChI=1S/C23H19FN8O/c1-13-10-25-14(2)27-20(13)16-11-26-31(3)21(16)23(33)28-18-9-19-29-22(15-7-5-4-6-8-15)30-32(19)12-17(18)24/h4-12H,1-3H3,(H,28,33). The first-order valence-electron chi connectivity index (χ1n) is 10.2. The largest absolute Gasteiger partial charge is 0.318 e. The van der Waals surface area contributed by atoms with E-state index in [1.807, 2.05) is 37.3 Å². The molecule has 4 aromatic heterocycles. The Kier molecular flexibility index (Phi) is 4.89. The van der Waals surface area contributed by atoms with Crippen LogP contribution in [0, 0.1) is 19.7 Å². The van der Waals surface area contributed by atoms with Crippen LogP contribution in [0.1, 0.15) is 21.9 Å². The number of hydrogen-bond acceptors (Lipinski definition) is 6. The summed E-state index contributed by atoms with van der Waals surface area (Å²) in [6.45, 7) is 3.62. The van der Waals surface area contributed by atoms with Gasteiger partial charge < -0.3 is 5.32 Å². The summed E-state index contributed by atoms with van der Waals surface area (Å²) in [5, 5.41) is 11.2. The molecule has 0 aliphatic heterocycles. The van der Waals surface area contributed by atoms with E-state index in [0.717, 1.165) is 11.1 Å². The van der Waals surface area contributed by atoms with E-state index in [0.29, 0.717) is 28.6 Å². The molecule has 0 aliphatic rings. The molecule has 0 aliphatic carbocycles. The Balaban J connectivity index is 1.51. The molecule has 164 valence electrons. The fourth-order valence-corrected chi connectivity index (χ4v) is 3.57. The second kappa shape index (κ2) is 7.90. The Hall–Kier alpha value is -4.47. The number of anilines is 1. The van der Waals surface area contributed by atoms with E-state index in [9.17, 15) is 9.18 Å². The van der Waals surface area contributed by atoms with E-state index >= 15 is 0 Å². The van der Waals surface area contributed by atoms with Crippen molar-refractivity contribution in [3.05, 3.63) is 77.9 Å². The summed E-state index contributed by atoms with van der Waals surface area (Å²) in [6.07, 6.45) is 4.44. The quantitative estimate of drug-likeness (QED) is 0.456. The molecule has 0 fully saturated rings. The van der Waals surface area contributed by atoms with E-state index in [-0.39, 0.29) is 11.4 Å². The normalized spacial score (nSPS) is 11.2. The molecular formula is C23H19FN8O. The summed E-state index contributed by atoms with van der Waals surface area (Å²) >= 11 is 0. The van der Waals surface area contributed by atoms with Crippen molar-refractivity contribution >= 4 is 17.2 Å². The predicted octanol–water partition coefficient (Wildman–Crippen LogP) is 3.60. The summed E-state index contributed by atoms with van der Waals surface area (Å²) in [5.74, 6) is -0.129. The monoisotopic (exact) mass is 442 g/mol. The number of aromatic nitrogens is 7. The number of benzene rings is 1. The van der Waals surface area contributed by atoms with Gasteiger partial charge in [-0.05, 0) is 19.4 Å². The number of nitrogens with one attached hydrogen (secondary N) is 1. The van der Waals surface area contributed by atoms with Gasteiger partial charge in [-0.25, -0.2) is 23.9 Å². The van der Waals surface area contributed by atoms with Gasteiger partial charge in [0.2, 0.25) is 0 Å². The lowest BCUT2D eigenvalue weighted by Gasteiger charge is -2.10. The second-order valence-corrected chi connectivity index (χ2v) is 7.57. The van der Waals surface area contributed by atoms with Crippen LogP contribution in [-0.4, -0.2) is 40.3 Å². The number of halogens is 1. The van der Waals surface area contributed by atoms with E-state index in [1.54, 1.807) is 26.4 Å². The van der Waals surface area contributed by atoms with Crippen LogP contribution in [0.4, 0.5) is 10.1 Å². The third-order valence-electron chi connectivity index (χ3n) is 5.21. The molecule has 0 saturated heterocycles. The smallest absolute Gasteiger partial charge is 0.274 e. The maximum absolute atomic E-state index is 14.8. The number of pyridine rings is 1. The number of aryl methyl sites for hydroxylation is 3. The lowest BCUT2D eigenvalue weighted by atomic mass is 10.1. The van der Waals surface area contributed by atoms with Crippen LogP contribution < -0.4 is 5.32 Å². The van der Waals surface area contributed by atoms with Crippen molar-refractivity contribution in [2.75, 3.05) is 5.32 Å². The maximum atomic E-state index is 14.8. The van der Waals surface area contributed by atoms with Gasteiger partial charge in [-0.2, -0.15) is 5.10 Å². The lowest BCUT2D eigenvalue weighted by Crippen LogP contribution is -2.18. The number of rotatable bonds is 4. The highest BCUT2D eigenvalue weighted by molar-refractivity contribution is 6.07. The molecule has 33 heavy (non-hydrogen) atoms. The summed E-state index contributed by atoms with van der Waals surface area (Å²) in [4.78, 5) is 26.3. The van der Waals surface area contributed by atoms with Crippen LogP contribution in [0.2, 0.25) is 0 Å². The number of amides is 1. The molecule has 9 nitrogen and oxygen atoms in total. The number of nitrogens with zero attached hydrogens (tertiary/aromatic N) is 7. The molecule has 0 radical (unpaired) electrons. The first-order chi connectivity index (χ1) is 15.9. The molecule has 1 aromatic carbocycles. The van der Waals surface area contributed by atoms with E-state index in [2.05, 4.69) is 30.5 Å². The van der Waals surface area contributed by atoms with Crippen molar-refractivity contribution in [2.24, 2.45) is 7.05 Å². The van der Waals surface area contributed by atoms with Gasteiger partial charge >= 0.3 is 0 Å². The molecule has 1 amide bonds. The highest BCUT2D eigenvalue weighted by atomic mass is 19.1. The molecule has 0 unspecified atom stereocenters. The average molecular weight is 442 g/mol. The molecule has 10 heteroatoms. The number of fused-ring (bicyclic) bond motifs is 1. The van der Waals surface area contributed by atoms with Gasteiger partial charge in [0, 0.05) is 24.9 Å². The fraction of sp³-hybridized carbons (Fsp3) is 0.130. The molecular weight excluding hydrogens is 423 g/mol. The zero-order valence-corrected chi connectivity index (χ0v) is 18.1. The summed E-state index contributed by atoms with van der Waals surface area (Å²) in [5.41, 5.74) is 3.38. The van der Waals surface area contributed by atoms with Gasteiger partial charge in [0.1, 0.15) is 11.5 Å². The zero-order chi connectivity index (χ0) is 23.1. The van der Waals surface area contributed by atoms with Crippen molar-refractivity contribution in [3.63, 3.8) is 0 Å². The Bertz CT molecular complexity index is 1510. The fourth-order valence-electron chi connectivity index (χ4n) is 3.57. The molecule has 1 N–H and O–H groups in total. The summed E-state index contributed by atoms with van der Waals surface area (Å²) in [6, 6.07) is 10.8. The van der Waals surface area contributed by atoms with Crippen molar-refractivity contribution in [1.82, 2.24) is 34.3 Å². The SMILES string of the molecule is Cc1ncc(C)c(-c2cnn(C)c2C(=O)Nc2cc3nc(-c4ccccc4)nn3cc2F)n1. The Morgan fingerprint density at radius 3 is 2.67 bits per heavy atom. The van der Waals surface area contributed by atoms with Crippen molar-refractivity contribution in [1.29, 1.82) is 0 Å². The van der Waals surface area contributed by atoms with E-state index in [1.165, 1.54) is 21.5 Å². The van der Waals surface area contributed by atoms with Gasteiger partial charge in [-0.15, -0.1) is 5.10 Å². The Morgan fingerprint density at radius 1 is 1.09 bits per heavy atom. The number of hydrogen-bond donors (Lipinski definition) is 1. The van der Waals surface area contributed by atoms with Crippen LogP contribution >= 0.6 is 0 Å². The first kappa shape index (κ1) is 20.4. The molecule has 0 atom stereocenters. The number of carbonyl (C=O) groups excluding carboxylic acids is 1. The van der Waals surface area contributed by atoms with Crippen molar-refractivity contribution < 1.29 is 9.18 Å². The van der Waals surface area contributed by atoms with E-state index < -0.39 is 11.7 Å². The molecule has 5 aromatic rings. The van der Waals surface area contributed by atoms with Crippen molar-refractivity contribution in [2.45, 2.75) is 13.8 Å². The minimum Gasteiger partial charge on any atom is -0.318 e. The molecule has 5 rings (SSSR count). The highest BCUT2D eigenvalue weighted by Crippen LogP contribution is 2.26. The van der Waals surface area contributed by atoms with Gasteiger partial charge in [-0.1, -0.05) is 30.3 Å². The highest BCUT2D eigenvalue weighted by Gasteiger charge is 2.22. The Labute approximate surface area is 188 Å². The van der Waals surface area contributed by atoms with E-state index in [4.69, 9.17) is 0 Å². The maximum Gasteiger partial charge on any atom is 0.274 e. The molecule has 0 bridgehead atoms. The van der Waals surface area contributed by atoms with Crippen LogP contribution in [-0.2, 0) is 7.05 Å². The van der Waals surface area contributed by atoms with Crippen LogP contribution in [0.5, 0.6) is 0 Å². The van der Waals surface area contributed by atoms with Gasteiger partial charge in [0.25, 0.3) is 5.91 Å². The van der Waals surface area contributed by atoms with Gasteiger partial charge in [0.05, 0.1) is 29.3 Å². The summed E-state index contributed by atoms with van der Waals surface area (Å²) in [7, 11) is 1.64. The topological polar surface area (TPSA) is 103 Å². The minimum absolute atomic E-state index is 0.0118. The zero-order valence-electron chi connectivity index (χ0n) is 18.1. The second-order valence-electron chi connectivity index (χ2n) is 7.57.